The molecule has 0 saturated carbocycles. The molecule has 1 aromatic heterocycles. The summed E-state index contributed by atoms with van der Waals surface area (Å²) in [5, 5.41) is 6.19. The Balaban J connectivity index is 1.49. The molecular weight excluding hydrogens is 469 g/mol. The first kappa shape index (κ1) is 23.8. The summed E-state index contributed by atoms with van der Waals surface area (Å²) in [7, 11) is 1.55. The van der Waals surface area contributed by atoms with Crippen molar-refractivity contribution in [2.24, 2.45) is 0 Å². The minimum atomic E-state index is -0.375. The summed E-state index contributed by atoms with van der Waals surface area (Å²) >= 11 is 0. The van der Waals surface area contributed by atoms with Crippen LogP contribution in [0.1, 0.15) is 26.3 Å². The molecule has 0 aliphatic carbocycles. The van der Waals surface area contributed by atoms with Gasteiger partial charge in [0.2, 0.25) is 0 Å². The molecule has 5 aromatic rings. The molecule has 0 atom stereocenters. The van der Waals surface area contributed by atoms with E-state index in [0.29, 0.717) is 45.7 Å². The second kappa shape index (κ2) is 9.99. The Hall–Kier alpha value is -4.91. The largest absolute Gasteiger partial charge is 0.455 e. The molecule has 5 rings (SSSR count). The Morgan fingerprint density at radius 2 is 1.57 bits per heavy atom. The van der Waals surface area contributed by atoms with E-state index in [0.717, 1.165) is 16.7 Å². The molecule has 37 heavy (non-hydrogen) atoms. The summed E-state index contributed by atoms with van der Waals surface area (Å²) in [6, 6.07) is 25.9. The number of rotatable bonds is 6. The van der Waals surface area contributed by atoms with Crippen molar-refractivity contribution < 1.29 is 18.4 Å². The summed E-state index contributed by atoms with van der Waals surface area (Å²) in [5.41, 5.74) is 11.0. The van der Waals surface area contributed by atoms with E-state index in [1.165, 1.54) is 12.1 Å². The molecule has 1 heterocycles. The smallest absolute Gasteiger partial charge is 0.255 e. The molecule has 0 aliphatic rings. The van der Waals surface area contributed by atoms with Crippen LogP contribution in [0.25, 0.3) is 33.4 Å². The second-order valence-corrected chi connectivity index (χ2v) is 8.57. The van der Waals surface area contributed by atoms with Gasteiger partial charge in [0.05, 0.1) is 5.56 Å². The van der Waals surface area contributed by atoms with E-state index in [9.17, 15) is 14.0 Å². The molecule has 6 nitrogen and oxygen atoms in total. The number of nitrogens with two attached hydrogens (primary N) is 1. The maximum Gasteiger partial charge on any atom is 0.255 e. The first-order valence-corrected chi connectivity index (χ1v) is 11.7. The van der Waals surface area contributed by atoms with Crippen LogP contribution in [0.5, 0.6) is 0 Å². The van der Waals surface area contributed by atoms with E-state index in [1.54, 1.807) is 43.4 Å². The molecule has 0 saturated heterocycles. The molecule has 0 radical (unpaired) electrons. The number of hydrogen-bond acceptors (Lipinski definition) is 4. The maximum absolute atomic E-state index is 13.5. The standard InChI is InChI=1S/C30H24FN3O3/c1-33-30(36)27-24-16-20(11-14-26(24)37-28(27)18-9-12-23(31)13-10-18)19-6-4-7-21(15-19)29(35)34-17-22-5-2-3-8-25(22)32/h2-16H,17,32H2,1H3,(H,33,36)(H,34,35). The van der Waals surface area contributed by atoms with E-state index in [-0.39, 0.29) is 17.6 Å². The van der Waals surface area contributed by atoms with Crippen molar-refractivity contribution in [2.75, 3.05) is 12.8 Å². The summed E-state index contributed by atoms with van der Waals surface area (Å²) in [6.07, 6.45) is 0. The molecule has 2 amide bonds. The number of carbonyl (C=O) groups is 2. The minimum Gasteiger partial charge on any atom is -0.455 e. The van der Waals surface area contributed by atoms with Gasteiger partial charge >= 0.3 is 0 Å². The molecule has 0 aliphatic heterocycles. The third-order valence-electron chi connectivity index (χ3n) is 6.20. The average molecular weight is 494 g/mol. The van der Waals surface area contributed by atoms with Crippen LogP contribution < -0.4 is 16.4 Å². The predicted octanol–water partition coefficient (Wildman–Crippen LogP) is 5.78. The summed E-state index contributed by atoms with van der Waals surface area (Å²) in [5.74, 6) is -0.553. The van der Waals surface area contributed by atoms with Crippen molar-refractivity contribution in [3.05, 3.63) is 114 Å². The number of nitrogens with one attached hydrogen (secondary N) is 2. The van der Waals surface area contributed by atoms with Crippen LogP contribution in [0, 0.1) is 5.82 Å². The number of anilines is 1. The second-order valence-electron chi connectivity index (χ2n) is 8.57. The fraction of sp³-hybridized carbons (Fsp3) is 0.0667. The quantitative estimate of drug-likeness (QED) is 0.261. The highest BCUT2D eigenvalue weighted by Crippen LogP contribution is 2.36. The highest BCUT2D eigenvalue weighted by atomic mass is 19.1. The lowest BCUT2D eigenvalue weighted by Crippen LogP contribution is -2.23. The van der Waals surface area contributed by atoms with Crippen LogP contribution in [0.2, 0.25) is 0 Å². The maximum atomic E-state index is 13.5. The van der Waals surface area contributed by atoms with E-state index in [4.69, 9.17) is 10.2 Å². The van der Waals surface area contributed by atoms with Gasteiger partial charge in [0.25, 0.3) is 11.8 Å². The van der Waals surface area contributed by atoms with Gasteiger partial charge in [0.15, 0.2) is 0 Å². The van der Waals surface area contributed by atoms with Gasteiger partial charge in [-0.15, -0.1) is 0 Å². The number of halogens is 1. The van der Waals surface area contributed by atoms with Crippen molar-refractivity contribution in [3.63, 3.8) is 0 Å². The SMILES string of the molecule is CNC(=O)c1c(-c2ccc(F)cc2)oc2ccc(-c3cccc(C(=O)NCc4ccccc4N)c3)cc12. The lowest BCUT2D eigenvalue weighted by atomic mass is 9.99. The molecule has 7 heteroatoms. The zero-order valence-corrected chi connectivity index (χ0v) is 20.0. The third-order valence-corrected chi connectivity index (χ3v) is 6.20. The van der Waals surface area contributed by atoms with Crippen LogP contribution in [0.3, 0.4) is 0 Å². The van der Waals surface area contributed by atoms with E-state index in [1.807, 2.05) is 42.5 Å². The van der Waals surface area contributed by atoms with Gasteiger partial charge in [0.1, 0.15) is 17.2 Å². The lowest BCUT2D eigenvalue weighted by molar-refractivity contribution is 0.0947. The van der Waals surface area contributed by atoms with Crippen LogP contribution in [-0.4, -0.2) is 18.9 Å². The van der Waals surface area contributed by atoms with E-state index in [2.05, 4.69) is 10.6 Å². The normalized spacial score (nSPS) is 10.9. The number of carbonyl (C=O) groups excluding carboxylic acids is 2. The van der Waals surface area contributed by atoms with E-state index < -0.39 is 0 Å². The molecule has 4 aromatic carbocycles. The van der Waals surface area contributed by atoms with Crippen molar-refractivity contribution in [1.82, 2.24) is 10.6 Å². The molecule has 4 N–H and O–H groups in total. The minimum absolute atomic E-state index is 0.223. The molecule has 0 bridgehead atoms. The van der Waals surface area contributed by atoms with Gasteiger partial charge in [-0.25, -0.2) is 4.39 Å². The first-order valence-electron chi connectivity index (χ1n) is 11.7. The first-order chi connectivity index (χ1) is 17.9. The summed E-state index contributed by atoms with van der Waals surface area (Å²) < 4.78 is 19.5. The fourth-order valence-electron chi connectivity index (χ4n) is 4.24. The summed E-state index contributed by atoms with van der Waals surface area (Å²) in [4.78, 5) is 25.7. The molecule has 0 fully saturated rings. The fourth-order valence-corrected chi connectivity index (χ4v) is 4.24. The van der Waals surface area contributed by atoms with E-state index >= 15 is 0 Å². The topological polar surface area (TPSA) is 97.4 Å². The molecule has 0 unspecified atom stereocenters. The molecule has 184 valence electrons. The van der Waals surface area contributed by atoms with Crippen LogP contribution in [-0.2, 0) is 6.54 Å². The highest BCUT2D eigenvalue weighted by Gasteiger charge is 2.22. The number of nitrogen functional groups attached to an aromatic ring is 1. The van der Waals surface area contributed by atoms with Crippen LogP contribution in [0.15, 0.2) is 95.4 Å². The zero-order chi connectivity index (χ0) is 25.9. The third kappa shape index (κ3) is 4.79. The number of para-hydroxylation sites is 1. The Bertz CT molecular complexity index is 1620. The van der Waals surface area contributed by atoms with Crippen molar-refractivity contribution in [2.45, 2.75) is 6.54 Å². The molecule has 0 spiro atoms. The number of hydrogen-bond donors (Lipinski definition) is 3. The van der Waals surface area contributed by atoms with Crippen LogP contribution in [0.4, 0.5) is 10.1 Å². The zero-order valence-electron chi connectivity index (χ0n) is 20.0. The Morgan fingerprint density at radius 1 is 0.838 bits per heavy atom. The number of benzene rings is 4. The Kier molecular flexibility index (Phi) is 6.43. The number of furan rings is 1. The van der Waals surface area contributed by atoms with Gasteiger partial charge in [-0.1, -0.05) is 36.4 Å². The van der Waals surface area contributed by atoms with Crippen molar-refractivity contribution in [1.29, 1.82) is 0 Å². The van der Waals surface area contributed by atoms with Crippen molar-refractivity contribution in [3.8, 4) is 22.5 Å². The van der Waals surface area contributed by atoms with Gasteiger partial charge in [0, 0.05) is 35.8 Å². The summed E-state index contributed by atoms with van der Waals surface area (Å²) in [6.45, 7) is 0.318. The predicted molar refractivity (Wildman–Crippen MR) is 142 cm³/mol. The van der Waals surface area contributed by atoms with Crippen molar-refractivity contribution >= 4 is 28.5 Å². The van der Waals surface area contributed by atoms with Gasteiger partial charge < -0.3 is 20.8 Å². The van der Waals surface area contributed by atoms with Gasteiger partial charge in [-0.2, -0.15) is 0 Å². The highest BCUT2D eigenvalue weighted by molar-refractivity contribution is 6.11. The lowest BCUT2D eigenvalue weighted by Gasteiger charge is -2.09. The number of fused-ring (bicyclic) bond motifs is 1. The average Bonchev–Trinajstić information content (AvgIpc) is 3.31. The number of amides is 2. The monoisotopic (exact) mass is 493 g/mol. The van der Waals surface area contributed by atoms with Gasteiger partial charge in [-0.3, -0.25) is 9.59 Å². The van der Waals surface area contributed by atoms with Crippen LogP contribution >= 0.6 is 0 Å². The molecular formula is C30H24FN3O3. The Labute approximate surface area is 212 Å². The Morgan fingerprint density at radius 3 is 2.32 bits per heavy atom. The van der Waals surface area contributed by atoms with Gasteiger partial charge in [-0.05, 0) is 71.3 Å².